The second-order valence-corrected chi connectivity index (χ2v) is 7.51. The monoisotopic (exact) mass is 294 g/mol. The first-order chi connectivity index (χ1) is 9.54. The summed E-state index contributed by atoms with van der Waals surface area (Å²) < 4.78 is 23.7. The predicted octanol–water partition coefficient (Wildman–Crippen LogP) is 1.10. The van der Waals surface area contributed by atoms with E-state index in [1.807, 2.05) is 0 Å². The van der Waals surface area contributed by atoms with Crippen LogP contribution in [0.5, 0.6) is 0 Å². The van der Waals surface area contributed by atoms with Gasteiger partial charge in [0.15, 0.2) is 9.84 Å². The number of benzene rings is 1. The number of hydrogen-bond donors (Lipinski definition) is 2. The number of hydrogen-bond acceptors (Lipinski definition) is 4. The number of fused-ring (bicyclic) bond motifs is 1. The molecule has 2 heterocycles. The molecule has 2 aliphatic heterocycles. The number of sulfone groups is 1. The smallest absolute Gasteiger partial charge is 0.225 e. The maximum Gasteiger partial charge on any atom is 0.225 e. The van der Waals surface area contributed by atoms with Gasteiger partial charge in [0.2, 0.25) is 5.91 Å². The van der Waals surface area contributed by atoms with E-state index in [0.717, 1.165) is 24.9 Å². The van der Waals surface area contributed by atoms with Crippen LogP contribution in [0.25, 0.3) is 0 Å². The third-order valence-electron chi connectivity index (χ3n) is 3.92. The zero-order chi connectivity index (χ0) is 14.2. The van der Waals surface area contributed by atoms with E-state index in [1.165, 1.54) is 0 Å². The average Bonchev–Trinajstić information content (AvgIpc) is 2.99. The molecule has 20 heavy (non-hydrogen) atoms. The summed E-state index contributed by atoms with van der Waals surface area (Å²) in [4.78, 5) is 12.3. The van der Waals surface area contributed by atoms with Crippen molar-refractivity contribution in [1.82, 2.24) is 5.32 Å². The van der Waals surface area contributed by atoms with Gasteiger partial charge >= 0.3 is 0 Å². The molecule has 1 saturated heterocycles. The van der Waals surface area contributed by atoms with Crippen molar-refractivity contribution in [2.45, 2.75) is 36.6 Å². The van der Waals surface area contributed by atoms with Gasteiger partial charge in [-0.25, -0.2) is 8.42 Å². The Bertz CT molecular complexity index is 634. The van der Waals surface area contributed by atoms with Crippen molar-refractivity contribution in [3.63, 3.8) is 0 Å². The molecule has 2 aliphatic rings. The van der Waals surface area contributed by atoms with Gasteiger partial charge in [0.05, 0.1) is 10.6 Å². The first kappa shape index (κ1) is 13.6. The van der Waals surface area contributed by atoms with Crippen molar-refractivity contribution < 1.29 is 13.2 Å². The van der Waals surface area contributed by atoms with Gasteiger partial charge in [-0.15, -0.1) is 0 Å². The molecule has 1 aromatic carbocycles. The molecule has 2 N–H and O–H groups in total. The maximum absolute atomic E-state index is 11.9. The molecule has 1 atom stereocenters. The molecule has 1 amide bonds. The molecule has 1 aromatic rings. The topological polar surface area (TPSA) is 75.3 Å². The van der Waals surface area contributed by atoms with Gasteiger partial charge in [0.25, 0.3) is 0 Å². The molecule has 0 spiro atoms. The Labute approximate surface area is 118 Å². The lowest BCUT2D eigenvalue weighted by molar-refractivity contribution is -0.116. The van der Waals surface area contributed by atoms with Crippen LogP contribution in [0.4, 0.5) is 5.69 Å². The van der Waals surface area contributed by atoms with Gasteiger partial charge in [-0.3, -0.25) is 4.79 Å². The van der Waals surface area contributed by atoms with Crippen LogP contribution in [0.15, 0.2) is 23.1 Å². The highest BCUT2D eigenvalue weighted by molar-refractivity contribution is 7.91. The number of anilines is 1. The van der Waals surface area contributed by atoms with Crippen molar-refractivity contribution in [2.75, 3.05) is 17.6 Å². The highest BCUT2D eigenvalue weighted by Gasteiger charge is 2.26. The van der Waals surface area contributed by atoms with Gasteiger partial charge in [0, 0.05) is 18.2 Å². The Morgan fingerprint density at radius 3 is 3.00 bits per heavy atom. The highest BCUT2D eigenvalue weighted by atomic mass is 32.2. The van der Waals surface area contributed by atoms with E-state index in [9.17, 15) is 13.2 Å². The van der Waals surface area contributed by atoms with Crippen molar-refractivity contribution in [2.24, 2.45) is 0 Å². The zero-order valence-corrected chi connectivity index (χ0v) is 12.0. The minimum absolute atomic E-state index is 0.0697. The molecular weight excluding hydrogens is 276 g/mol. The van der Waals surface area contributed by atoms with Crippen molar-refractivity contribution in [1.29, 1.82) is 0 Å². The van der Waals surface area contributed by atoms with E-state index in [1.54, 1.807) is 18.2 Å². The Kier molecular flexibility index (Phi) is 3.52. The molecule has 0 saturated carbocycles. The van der Waals surface area contributed by atoms with Crippen LogP contribution in [0.1, 0.15) is 24.8 Å². The zero-order valence-electron chi connectivity index (χ0n) is 11.2. The fourth-order valence-corrected chi connectivity index (χ4v) is 4.43. The molecule has 1 fully saturated rings. The minimum Gasteiger partial charge on any atom is -0.326 e. The van der Waals surface area contributed by atoms with Crippen molar-refractivity contribution in [3.05, 3.63) is 23.8 Å². The molecular formula is C14H18N2O3S. The third-order valence-corrected chi connectivity index (χ3v) is 5.71. The standard InChI is InChI=1S/C14H18N2O3S/c17-14(9-11-2-1-6-15-11)16-12-4-3-10-5-7-20(18,19)13(10)8-12/h3-4,8,11,15H,1-2,5-7,9H2,(H,16,17). The van der Waals surface area contributed by atoms with Crippen LogP contribution < -0.4 is 10.6 Å². The SMILES string of the molecule is O=C(CC1CCCN1)Nc1ccc2c(c1)S(=O)(=O)CC2. The number of rotatable bonds is 3. The summed E-state index contributed by atoms with van der Waals surface area (Å²) in [6.07, 6.45) is 3.13. The van der Waals surface area contributed by atoms with Crippen molar-refractivity contribution >= 4 is 21.4 Å². The van der Waals surface area contributed by atoms with Crippen molar-refractivity contribution in [3.8, 4) is 0 Å². The first-order valence-electron chi connectivity index (χ1n) is 6.93. The lowest BCUT2D eigenvalue weighted by Crippen LogP contribution is -2.27. The Morgan fingerprint density at radius 2 is 2.25 bits per heavy atom. The highest BCUT2D eigenvalue weighted by Crippen LogP contribution is 2.28. The van der Waals surface area contributed by atoms with Crippen LogP contribution in [0, 0.1) is 0 Å². The lowest BCUT2D eigenvalue weighted by atomic mass is 10.1. The summed E-state index contributed by atoms with van der Waals surface area (Å²) in [6.45, 7) is 0.967. The largest absolute Gasteiger partial charge is 0.326 e. The minimum atomic E-state index is -3.15. The number of carbonyl (C=O) groups is 1. The Morgan fingerprint density at radius 1 is 1.40 bits per heavy atom. The summed E-state index contributed by atoms with van der Waals surface area (Å²) in [5, 5.41) is 6.06. The molecule has 0 aromatic heterocycles. The van der Waals surface area contributed by atoms with E-state index in [2.05, 4.69) is 10.6 Å². The van der Waals surface area contributed by atoms with E-state index in [0.29, 0.717) is 23.4 Å². The van der Waals surface area contributed by atoms with E-state index < -0.39 is 9.84 Å². The summed E-state index contributed by atoms with van der Waals surface area (Å²) >= 11 is 0. The van der Waals surface area contributed by atoms with Gasteiger partial charge in [-0.2, -0.15) is 0 Å². The Balaban J connectivity index is 1.70. The van der Waals surface area contributed by atoms with Crippen LogP contribution in [0.3, 0.4) is 0 Å². The molecule has 5 nitrogen and oxygen atoms in total. The summed E-state index contributed by atoms with van der Waals surface area (Å²) in [5.74, 6) is 0.103. The summed E-state index contributed by atoms with van der Waals surface area (Å²) in [6, 6.07) is 5.40. The molecule has 0 bridgehead atoms. The number of carbonyl (C=O) groups excluding carboxylic acids is 1. The second-order valence-electron chi connectivity index (χ2n) is 5.44. The molecule has 3 rings (SSSR count). The predicted molar refractivity (Wildman–Crippen MR) is 76.5 cm³/mol. The summed E-state index contributed by atoms with van der Waals surface area (Å²) in [5.41, 5.74) is 1.41. The fourth-order valence-electron chi connectivity index (χ4n) is 2.85. The average molecular weight is 294 g/mol. The van der Waals surface area contributed by atoms with Gasteiger partial charge in [-0.05, 0) is 43.5 Å². The molecule has 1 unspecified atom stereocenters. The van der Waals surface area contributed by atoms with Gasteiger partial charge in [-0.1, -0.05) is 6.07 Å². The second kappa shape index (κ2) is 5.18. The van der Waals surface area contributed by atoms with Crippen LogP contribution in [-0.2, 0) is 21.1 Å². The fraction of sp³-hybridized carbons (Fsp3) is 0.500. The quantitative estimate of drug-likeness (QED) is 0.875. The number of amides is 1. The summed E-state index contributed by atoms with van der Waals surface area (Å²) in [7, 11) is -3.15. The van der Waals surface area contributed by atoms with E-state index in [-0.39, 0.29) is 17.7 Å². The lowest BCUT2D eigenvalue weighted by Gasteiger charge is -2.11. The molecule has 0 aliphatic carbocycles. The third kappa shape index (κ3) is 2.71. The number of aryl methyl sites for hydroxylation is 1. The number of nitrogens with one attached hydrogen (secondary N) is 2. The first-order valence-corrected chi connectivity index (χ1v) is 8.59. The van der Waals surface area contributed by atoms with Crippen LogP contribution in [-0.4, -0.2) is 32.7 Å². The normalized spacial score (nSPS) is 23.5. The Hall–Kier alpha value is -1.40. The van der Waals surface area contributed by atoms with Gasteiger partial charge < -0.3 is 10.6 Å². The molecule has 6 heteroatoms. The molecule has 0 radical (unpaired) electrons. The van der Waals surface area contributed by atoms with Crippen LogP contribution in [0.2, 0.25) is 0 Å². The van der Waals surface area contributed by atoms with E-state index in [4.69, 9.17) is 0 Å². The maximum atomic E-state index is 11.9. The van der Waals surface area contributed by atoms with Crippen LogP contribution >= 0.6 is 0 Å². The molecule has 108 valence electrons. The van der Waals surface area contributed by atoms with Gasteiger partial charge in [0.1, 0.15) is 0 Å². The van der Waals surface area contributed by atoms with E-state index >= 15 is 0 Å².